The quantitative estimate of drug-likeness (QED) is 0.625. The molecule has 0 aromatic heterocycles. The lowest BCUT2D eigenvalue weighted by molar-refractivity contribution is -0.209. The monoisotopic (exact) mass is 231 g/mol. The van der Waals surface area contributed by atoms with Crippen LogP contribution in [0.2, 0.25) is 0 Å². The van der Waals surface area contributed by atoms with E-state index >= 15 is 0 Å². The maximum Gasteiger partial charge on any atom is 0.336 e. The first-order valence-corrected chi connectivity index (χ1v) is 3.77. The zero-order valence-electron chi connectivity index (χ0n) is 5.78. The van der Waals surface area contributed by atoms with Crippen molar-refractivity contribution in [1.82, 2.24) is 0 Å². The predicted octanol–water partition coefficient (Wildman–Crippen LogP) is 1.87. The van der Waals surface area contributed by atoms with E-state index in [2.05, 4.69) is 20.8 Å². The van der Waals surface area contributed by atoms with Crippen LogP contribution in [0, 0.1) is 0 Å². The lowest BCUT2D eigenvalue weighted by atomic mass is 10.2. The number of carbonyl (C=O) groups is 1. The van der Waals surface area contributed by atoms with Crippen molar-refractivity contribution >= 4 is 21.9 Å². The Hall–Kier alpha value is -1.07. The van der Waals surface area contributed by atoms with Gasteiger partial charge in [0, 0.05) is 5.26 Å². The van der Waals surface area contributed by atoms with Gasteiger partial charge in [0.15, 0.2) is 5.75 Å². The topological polar surface area (TPSA) is 66.4 Å². The van der Waals surface area contributed by atoms with Crippen LogP contribution in [0.3, 0.4) is 0 Å². The van der Waals surface area contributed by atoms with Crippen LogP contribution in [0.5, 0.6) is 5.75 Å². The SMILES string of the molecule is [O]Oc1cccc(C(=O)O)c1Br. The Kier molecular flexibility index (Phi) is 2.67. The second-order valence-electron chi connectivity index (χ2n) is 2.01. The molecular weight excluding hydrogens is 228 g/mol. The molecule has 63 valence electrons. The first kappa shape index (κ1) is 9.02. The Morgan fingerprint density at radius 3 is 2.67 bits per heavy atom. The molecule has 4 nitrogen and oxygen atoms in total. The molecule has 1 aromatic rings. The minimum Gasteiger partial charge on any atom is -0.478 e. The molecule has 0 spiro atoms. The zero-order chi connectivity index (χ0) is 9.14. The van der Waals surface area contributed by atoms with Crippen LogP contribution in [0.1, 0.15) is 10.4 Å². The second kappa shape index (κ2) is 3.55. The van der Waals surface area contributed by atoms with Gasteiger partial charge in [-0.3, -0.25) is 0 Å². The summed E-state index contributed by atoms with van der Waals surface area (Å²) in [4.78, 5) is 14.2. The average Bonchev–Trinajstić information content (AvgIpc) is 2.04. The van der Waals surface area contributed by atoms with Gasteiger partial charge in [-0.05, 0) is 28.1 Å². The van der Waals surface area contributed by atoms with Crippen LogP contribution in [0.25, 0.3) is 0 Å². The molecule has 0 bridgehead atoms. The van der Waals surface area contributed by atoms with Crippen molar-refractivity contribution in [3.8, 4) is 5.75 Å². The van der Waals surface area contributed by atoms with Gasteiger partial charge in [0.1, 0.15) is 0 Å². The van der Waals surface area contributed by atoms with Crippen LogP contribution in [-0.4, -0.2) is 11.1 Å². The van der Waals surface area contributed by atoms with Crippen LogP contribution in [0.15, 0.2) is 22.7 Å². The van der Waals surface area contributed by atoms with Crippen LogP contribution >= 0.6 is 15.9 Å². The lowest BCUT2D eigenvalue weighted by Gasteiger charge is -2.00. The van der Waals surface area contributed by atoms with Crippen molar-refractivity contribution in [2.24, 2.45) is 0 Å². The van der Waals surface area contributed by atoms with E-state index in [0.717, 1.165) is 0 Å². The largest absolute Gasteiger partial charge is 0.478 e. The molecule has 12 heavy (non-hydrogen) atoms. The van der Waals surface area contributed by atoms with Gasteiger partial charge < -0.3 is 9.99 Å². The number of rotatable bonds is 2. The molecule has 0 heterocycles. The Balaban J connectivity index is 3.23. The van der Waals surface area contributed by atoms with E-state index in [1.807, 2.05) is 0 Å². The molecule has 5 heteroatoms. The van der Waals surface area contributed by atoms with E-state index in [0.29, 0.717) is 0 Å². The molecule has 1 N–H and O–H groups in total. The zero-order valence-corrected chi connectivity index (χ0v) is 7.37. The number of hydrogen-bond donors (Lipinski definition) is 1. The highest BCUT2D eigenvalue weighted by Crippen LogP contribution is 2.27. The number of halogens is 1. The summed E-state index contributed by atoms with van der Waals surface area (Å²) in [5.74, 6) is -1.14. The van der Waals surface area contributed by atoms with Crippen molar-refractivity contribution in [1.29, 1.82) is 0 Å². The summed E-state index contributed by atoms with van der Waals surface area (Å²) in [7, 11) is 0. The molecule has 0 atom stereocenters. The molecule has 0 amide bonds. The van der Waals surface area contributed by atoms with Crippen molar-refractivity contribution in [3.63, 3.8) is 0 Å². The van der Waals surface area contributed by atoms with Crippen molar-refractivity contribution in [2.45, 2.75) is 0 Å². The Labute approximate surface area is 76.5 Å². The van der Waals surface area contributed by atoms with Gasteiger partial charge in [-0.1, -0.05) is 6.07 Å². The van der Waals surface area contributed by atoms with E-state index in [1.165, 1.54) is 18.2 Å². The summed E-state index contributed by atoms with van der Waals surface area (Å²) < 4.78 is 0.160. The fourth-order valence-electron chi connectivity index (χ4n) is 0.740. The molecule has 1 rings (SSSR count). The van der Waals surface area contributed by atoms with Gasteiger partial charge >= 0.3 is 5.97 Å². The van der Waals surface area contributed by atoms with E-state index < -0.39 is 5.97 Å². The van der Waals surface area contributed by atoms with Gasteiger partial charge in [0.25, 0.3) is 0 Å². The van der Waals surface area contributed by atoms with Gasteiger partial charge in [0.05, 0.1) is 10.0 Å². The third-order valence-corrected chi connectivity index (χ3v) is 2.10. The maximum atomic E-state index is 10.5. The van der Waals surface area contributed by atoms with E-state index in [1.54, 1.807) is 0 Å². The van der Waals surface area contributed by atoms with Crippen molar-refractivity contribution < 1.29 is 20.0 Å². The second-order valence-corrected chi connectivity index (χ2v) is 2.80. The Bertz CT molecular complexity index is 310. The summed E-state index contributed by atoms with van der Waals surface area (Å²) in [6, 6.07) is 4.18. The molecule has 0 unspecified atom stereocenters. The summed E-state index contributed by atoms with van der Waals surface area (Å²) in [6.07, 6.45) is 0. The third kappa shape index (κ3) is 1.57. The van der Waals surface area contributed by atoms with Gasteiger partial charge in [-0.15, -0.1) is 0 Å². The van der Waals surface area contributed by atoms with Gasteiger partial charge in [-0.25, -0.2) is 4.79 Å². The highest BCUT2D eigenvalue weighted by molar-refractivity contribution is 9.10. The molecule has 0 saturated carbocycles. The number of carboxylic acid groups (broad SMARTS) is 1. The molecular formula is C7H4BrO4. The Morgan fingerprint density at radius 1 is 1.50 bits per heavy atom. The molecule has 0 aliphatic rings. The third-order valence-electron chi connectivity index (χ3n) is 1.28. The minimum absolute atomic E-state index is 0.00310. The number of carboxylic acids is 1. The standard InChI is InChI=1S/C7H4BrO4/c8-6-4(7(9)10)2-1-3-5(6)12-11/h1-3H,(H,9,10). The molecule has 1 radical (unpaired) electrons. The van der Waals surface area contributed by atoms with Crippen LogP contribution in [0.4, 0.5) is 0 Å². The lowest BCUT2D eigenvalue weighted by Crippen LogP contribution is -1.98. The summed E-state index contributed by atoms with van der Waals surface area (Å²) in [6.45, 7) is 0. The highest BCUT2D eigenvalue weighted by atomic mass is 79.9. The summed E-state index contributed by atoms with van der Waals surface area (Å²) >= 11 is 2.94. The van der Waals surface area contributed by atoms with E-state index in [4.69, 9.17) is 5.11 Å². The number of benzene rings is 1. The summed E-state index contributed by atoms with van der Waals surface area (Å²) in [5, 5.41) is 18.6. The van der Waals surface area contributed by atoms with Crippen molar-refractivity contribution in [3.05, 3.63) is 28.2 Å². The maximum absolute atomic E-state index is 10.5. The average molecular weight is 232 g/mol. The fraction of sp³-hybridized carbons (Fsp3) is 0. The van der Waals surface area contributed by atoms with Crippen LogP contribution in [-0.2, 0) is 5.26 Å². The highest BCUT2D eigenvalue weighted by Gasteiger charge is 2.12. The first-order valence-electron chi connectivity index (χ1n) is 2.98. The first-order chi connectivity index (χ1) is 5.66. The number of aromatic carboxylic acids is 1. The smallest absolute Gasteiger partial charge is 0.336 e. The Morgan fingerprint density at radius 2 is 2.17 bits per heavy atom. The predicted molar refractivity (Wildman–Crippen MR) is 42.4 cm³/mol. The fourth-order valence-corrected chi connectivity index (χ4v) is 1.24. The normalized spacial score (nSPS) is 9.50. The molecule has 0 aliphatic heterocycles. The summed E-state index contributed by atoms with van der Waals surface area (Å²) in [5.41, 5.74) is 0.00310. The number of hydrogen-bond acceptors (Lipinski definition) is 2. The van der Waals surface area contributed by atoms with Crippen molar-refractivity contribution in [2.75, 3.05) is 0 Å². The van der Waals surface area contributed by atoms with Crippen LogP contribution < -0.4 is 4.89 Å². The van der Waals surface area contributed by atoms with E-state index in [-0.39, 0.29) is 15.8 Å². The molecule has 1 aromatic carbocycles. The molecule has 0 saturated heterocycles. The van der Waals surface area contributed by atoms with Gasteiger partial charge in [0.2, 0.25) is 0 Å². The molecule has 0 fully saturated rings. The molecule has 0 aliphatic carbocycles. The van der Waals surface area contributed by atoms with E-state index in [9.17, 15) is 10.1 Å². The minimum atomic E-state index is -1.11. The van der Waals surface area contributed by atoms with Gasteiger partial charge in [-0.2, -0.15) is 0 Å².